The van der Waals surface area contributed by atoms with Crippen molar-refractivity contribution in [2.75, 3.05) is 7.11 Å². The third-order valence-electron chi connectivity index (χ3n) is 3.46. The molecule has 136 valence electrons. The second kappa shape index (κ2) is 6.45. The molecule has 0 N–H and O–H groups in total. The van der Waals surface area contributed by atoms with E-state index in [1.807, 2.05) is 0 Å². The van der Waals surface area contributed by atoms with Crippen LogP contribution in [0, 0.1) is 0 Å². The smallest absolute Gasteiger partial charge is 0.471 e. The first-order chi connectivity index (χ1) is 12.2. The topological polar surface area (TPSA) is 82.3 Å². The third kappa shape index (κ3) is 3.40. The molecule has 10 heteroatoms. The van der Waals surface area contributed by atoms with E-state index in [1.165, 1.54) is 55.6 Å². The van der Waals surface area contributed by atoms with Gasteiger partial charge in [0.25, 0.3) is 0 Å². The summed E-state index contributed by atoms with van der Waals surface area (Å²) in [5.74, 6) is -1.25. The molecule has 0 saturated carbocycles. The minimum Gasteiger partial charge on any atom is -0.497 e. The van der Waals surface area contributed by atoms with E-state index in [0.29, 0.717) is 5.75 Å². The Labute approximate surface area is 146 Å². The number of halogens is 3. The molecule has 26 heavy (non-hydrogen) atoms. The Hall–Kier alpha value is -2.88. The Morgan fingerprint density at radius 3 is 1.96 bits per heavy atom. The Bertz CT molecular complexity index is 1010. The summed E-state index contributed by atoms with van der Waals surface area (Å²) in [6.45, 7) is 0. The highest BCUT2D eigenvalue weighted by atomic mass is 32.2. The lowest BCUT2D eigenvalue weighted by Gasteiger charge is -2.06. The number of nitrogens with zero attached hydrogens (tertiary/aromatic N) is 2. The van der Waals surface area contributed by atoms with Crippen molar-refractivity contribution in [2.24, 2.45) is 0 Å². The van der Waals surface area contributed by atoms with Crippen molar-refractivity contribution in [1.29, 1.82) is 0 Å². The van der Waals surface area contributed by atoms with E-state index in [-0.39, 0.29) is 21.2 Å². The first kappa shape index (κ1) is 17.9. The molecule has 0 aliphatic heterocycles. The fraction of sp³-hybridized carbons (Fsp3) is 0.125. The van der Waals surface area contributed by atoms with Gasteiger partial charge in [0.05, 0.1) is 16.9 Å². The average molecular weight is 384 g/mol. The van der Waals surface area contributed by atoms with Crippen LogP contribution in [0.3, 0.4) is 0 Å². The van der Waals surface area contributed by atoms with Gasteiger partial charge in [0.15, 0.2) is 0 Å². The maximum atomic E-state index is 12.6. The van der Waals surface area contributed by atoms with Crippen LogP contribution in [0.25, 0.3) is 11.4 Å². The van der Waals surface area contributed by atoms with Crippen LogP contribution in [0.1, 0.15) is 5.89 Å². The maximum absolute atomic E-state index is 12.6. The Kier molecular flexibility index (Phi) is 4.45. The molecule has 3 rings (SSSR count). The fourth-order valence-corrected chi connectivity index (χ4v) is 3.39. The number of sulfone groups is 1. The molecule has 0 spiro atoms. The number of hydrogen-bond acceptors (Lipinski definition) is 6. The van der Waals surface area contributed by atoms with Crippen LogP contribution in [-0.4, -0.2) is 25.7 Å². The second-order valence-electron chi connectivity index (χ2n) is 5.12. The highest BCUT2D eigenvalue weighted by Crippen LogP contribution is 2.30. The molecule has 0 unspecified atom stereocenters. The molecular weight excluding hydrogens is 373 g/mol. The summed E-state index contributed by atoms with van der Waals surface area (Å²) in [4.78, 5) is 3.29. The highest BCUT2D eigenvalue weighted by molar-refractivity contribution is 7.91. The lowest BCUT2D eigenvalue weighted by molar-refractivity contribution is -0.159. The largest absolute Gasteiger partial charge is 0.497 e. The highest BCUT2D eigenvalue weighted by Gasteiger charge is 2.38. The lowest BCUT2D eigenvalue weighted by Crippen LogP contribution is -2.04. The van der Waals surface area contributed by atoms with E-state index in [9.17, 15) is 21.6 Å². The number of aromatic nitrogens is 2. The number of rotatable bonds is 4. The second-order valence-corrected chi connectivity index (χ2v) is 7.07. The van der Waals surface area contributed by atoms with Crippen LogP contribution in [0.2, 0.25) is 0 Å². The van der Waals surface area contributed by atoms with Crippen molar-refractivity contribution in [3.05, 3.63) is 54.4 Å². The maximum Gasteiger partial charge on any atom is 0.471 e. The zero-order valence-corrected chi connectivity index (χ0v) is 14.0. The summed E-state index contributed by atoms with van der Waals surface area (Å²) in [6, 6.07) is 11.0. The molecule has 2 aromatic carbocycles. The summed E-state index contributed by atoms with van der Waals surface area (Å²) in [6.07, 6.45) is -4.75. The zero-order valence-electron chi connectivity index (χ0n) is 13.2. The van der Waals surface area contributed by atoms with E-state index < -0.39 is 21.9 Å². The average Bonchev–Trinajstić information content (AvgIpc) is 3.12. The molecule has 0 amide bonds. The molecule has 0 atom stereocenters. The first-order valence-corrected chi connectivity index (χ1v) is 8.60. The van der Waals surface area contributed by atoms with Crippen molar-refractivity contribution >= 4 is 9.84 Å². The van der Waals surface area contributed by atoms with E-state index >= 15 is 0 Å². The summed E-state index contributed by atoms with van der Waals surface area (Å²) in [5, 5.41) is 3.25. The predicted octanol–water partition coefficient (Wildman–Crippen LogP) is 3.60. The van der Waals surface area contributed by atoms with Gasteiger partial charge >= 0.3 is 12.1 Å². The van der Waals surface area contributed by atoms with Crippen molar-refractivity contribution in [3.63, 3.8) is 0 Å². The summed E-state index contributed by atoms with van der Waals surface area (Å²) in [5.41, 5.74) is 0.193. The van der Waals surface area contributed by atoms with Crippen LogP contribution >= 0.6 is 0 Å². The van der Waals surface area contributed by atoms with Crippen molar-refractivity contribution in [2.45, 2.75) is 16.0 Å². The van der Waals surface area contributed by atoms with Crippen LogP contribution in [0.15, 0.2) is 62.8 Å². The monoisotopic (exact) mass is 384 g/mol. The lowest BCUT2D eigenvalue weighted by atomic mass is 10.2. The molecule has 1 aromatic heterocycles. The predicted molar refractivity (Wildman–Crippen MR) is 83.2 cm³/mol. The molecule has 0 aliphatic rings. The SMILES string of the molecule is COc1ccc(S(=O)(=O)c2ccc(-c3noc(C(F)(F)F)n3)cc2)cc1. The molecule has 3 aromatic rings. The van der Waals surface area contributed by atoms with Gasteiger partial charge in [-0.1, -0.05) is 5.16 Å². The van der Waals surface area contributed by atoms with Crippen molar-refractivity contribution in [1.82, 2.24) is 10.1 Å². The van der Waals surface area contributed by atoms with Crippen LogP contribution in [0.4, 0.5) is 13.2 Å². The third-order valence-corrected chi connectivity index (χ3v) is 5.25. The standard InChI is InChI=1S/C16H11F3N2O4S/c1-24-11-4-8-13(9-5-11)26(22,23)12-6-2-10(3-7-12)14-20-15(25-21-14)16(17,18)19/h2-9H,1H3. The molecule has 0 radical (unpaired) electrons. The Morgan fingerprint density at radius 1 is 0.962 bits per heavy atom. The van der Waals surface area contributed by atoms with E-state index in [2.05, 4.69) is 14.7 Å². The molecule has 0 aliphatic carbocycles. The quantitative estimate of drug-likeness (QED) is 0.684. The van der Waals surface area contributed by atoms with E-state index in [1.54, 1.807) is 0 Å². The molecule has 0 bridgehead atoms. The zero-order chi connectivity index (χ0) is 18.9. The molecule has 0 saturated heterocycles. The fourth-order valence-electron chi connectivity index (χ4n) is 2.13. The molecule has 1 heterocycles. The van der Waals surface area contributed by atoms with Gasteiger partial charge in [-0.25, -0.2) is 8.42 Å². The van der Waals surface area contributed by atoms with Crippen LogP contribution in [-0.2, 0) is 16.0 Å². The first-order valence-electron chi connectivity index (χ1n) is 7.12. The molecule has 0 fully saturated rings. The van der Waals surface area contributed by atoms with Gasteiger partial charge in [0.2, 0.25) is 15.7 Å². The van der Waals surface area contributed by atoms with Crippen molar-refractivity contribution in [3.8, 4) is 17.1 Å². The molecule has 6 nitrogen and oxygen atoms in total. The minimum absolute atomic E-state index is 0.0223. The van der Waals surface area contributed by atoms with Gasteiger partial charge in [0.1, 0.15) is 5.75 Å². The van der Waals surface area contributed by atoms with Gasteiger partial charge in [-0.3, -0.25) is 0 Å². The van der Waals surface area contributed by atoms with Crippen LogP contribution in [0.5, 0.6) is 5.75 Å². The normalized spacial score (nSPS) is 12.2. The van der Waals surface area contributed by atoms with Gasteiger partial charge in [-0.05, 0) is 48.5 Å². The number of benzene rings is 2. The van der Waals surface area contributed by atoms with Gasteiger partial charge in [-0.15, -0.1) is 0 Å². The number of methoxy groups -OCH3 is 1. The van der Waals surface area contributed by atoms with Gasteiger partial charge < -0.3 is 9.26 Å². The summed E-state index contributed by atoms with van der Waals surface area (Å²) in [7, 11) is -2.32. The van der Waals surface area contributed by atoms with E-state index in [4.69, 9.17) is 4.74 Å². The minimum atomic E-state index is -4.75. The van der Waals surface area contributed by atoms with Gasteiger partial charge in [-0.2, -0.15) is 18.2 Å². The summed E-state index contributed by atoms with van der Waals surface area (Å²) >= 11 is 0. The Morgan fingerprint density at radius 2 is 1.50 bits per heavy atom. The number of ether oxygens (including phenoxy) is 1. The Balaban J connectivity index is 1.90. The van der Waals surface area contributed by atoms with Crippen LogP contribution < -0.4 is 4.74 Å². The van der Waals surface area contributed by atoms with Gasteiger partial charge in [0, 0.05) is 5.56 Å². The van der Waals surface area contributed by atoms with E-state index in [0.717, 1.165) is 0 Å². The summed E-state index contributed by atoms with van der Waals surface area (Å²) < 4.78 is 71.8. The molecular formula is C16H11F3N2O4S. The number of alkyl halides is 3. The van der Waals surface area contributed by atoms with Crippen molar-refractivity contribution < 1.29 is 30.8 Å². The number of hydrogen-bond donors (Lipinski definition) is 0.